The highest BCUT2D eigenvalue weighted by Gasteiger charge is 2.39. The van der Waals surface area contributed by atoms with E-state index < -0.39 is 5.60 Å². The summed E-state index contributed by atoms with van der Waals surface area (Å²) < 4.78 is 0. The Kier molecular flexibility index (Phi) is 3.91. The Labute approximate surface area is 99.8 Å². The molecule has 94 valence electrons. The van der Waals surface area contributed by atoms with Gasteiger partial charge in [0.05, 0.1) is 5.60 Å². The molecule has 2 heteroatoms. The standard InChI is InChI=1S/C14H27NO/c1-11(2)12-5-3-8-14(16,9-7-12)13-6-4-10-15-13/h11-13,15-16H,3-10H2,1-2H3. The predicted molar refractivity (Wildman–Crippen MR) is 67.4 cm³/mol. The van der Waals surface area contributed by atoms with Crippen molar-refractivity contribution in [2.24, 2.45) is 11.8 Å². The first-order chi connectivity index (χ1) is 7.62. The molecule has 1 heterocycles. The lowest BCUT2D eigenvalue weighted by molar-refractivity contribution is -0.00785. The van der Waals surface area contributed by atoms with Gasteiger partial charge in [-0.05, 0) is 50.5 Å². The van der Waals surface area contributed by atoms with E-state index in [0.29, 0.717) is 6.04 Å². The van der Waals surface area contributed by atoms with E-state index in [1.807, 2.05) is 0 Å². The minimum atomic E-state index is -0.403. The molecule has 2 rings (SSSR count). The number of hydrogen-bond donors (Lipinski definition) is 2. The number of aliphatic hydroxyl groups is 1. The Morgan fingerprint density at radius 2 is 1.94 bits per heavy atom. The molecule has 0 amide bonds. The molecule has 2 N–H and O–H groups in total. The SMILES string of the molecule is CC(C)C1CCCC(O)(C2CCCN2)CC1. The second kappa shape index (κ2) is 5.05. The van der Waals surface area contributed by atoms with E-state index in [0.717, 1.165) is 31.2 Å². The van der Waals surface area contributed by atoms with Crippen molar-refractivity contribution in [2.45, 2.75) is 70.4 Å². The monoisotopic (exact) mass is 225 g/mol. The van der Waals surface area contributed by atoms with E-state index in [4.69, 9.17) is 0 Å². The average Bonchev–Trinajstić information content (AvgIpc) is 2.70. The lowest BCUT2D eigenvalue weighted by Gasteiger charge is -2.33. The van der Waals surface area contributed by atoms with Crippen molar-refractivity contribution in [2.75, 3.05) is 6.54 Å². The largest absolute Gasteiger partial charge is 0.388 e. The lowest BCUT2D eigenvalue weighted by atomic mass is 9.84. The number of nitrogens with one attached hydrogen (secondary N) is 1. The van der Waals surface area contributed by atoms with Gasteiger partial charge in [0.15, 0.2) is 0 Å². The van der Waals surface area contributed by atoms with Crippen molar-refractivity contribution in [1.29, 1.82) is 0 Å². The Morgan fingerprint density at radius 1 is 1.12 bits per heavy atom. The smallest absolute Gasteiger partial charge is 0.0800 e. The van der Waals surface area contributed by atoms with Gasteiger partial charge in [-0.25, -0.2) is 0 Å². The van der Waals surface area contributed by atoms with Gasteiger partial charge in [-0.1, -0.05) is 26.7 Å². The zero-order valence-corrected chi connectivity index (χ0v) is 10.8. The van der Waals surface area contributed by atoms with Crippen molar-refractivity contribution >= 4 is 0 Å². The summed E-state index contributed by atoms with van der Waals surface area (Å²) in [6.07, 6.45) is 8.15. The van der Waals surface area contributed by atoms with Crippen LogP contribution in [0.15, 0.2) is 0 Å². The fraction of sp³-hybridized carbons (Fsp3) is 1.00. The van der Waals surface area contributed by atoms with Crippen molar-refractivity contribution in [3.63, 3.8) is 0 Å². The van der Waals surface area contributed by atoms with Gasteiger partial charge in [0.2, 0.25) is 0 Å². The minimum Gasteiger partial charge on any atom is -0.388 e. The fourth-order valence-electron chi connectivity index (χ4n) is 3.53. The fourth-order valence-corrected chi connectivity index (χ4v) is 3.53. The van der Waals surface area contributed by atoms with E-state index >= 15 is 0 Å². The highest BCUT2D eigenvalue weighted by molar-refractivity contribution is 4.96. The van der Waals surface area contributed by atoms with E-state index in [-0.39, 0.29) is 0 Å². The molecule has 0 aromatic carbocycles. The van der Waals surface area contributed by atoms with Crippen LogP contribution >= 0.6 is 0 Å². The van der Waals surface area contributed by atoms with Gasteiger partial charge >= 0.3 is 0 Å². The zero-order valence-electron chi connectivity index (χ0n) is 10.8. The third-order valence-corrected chi connectivity index (χ3v) is 4.78. The molecular weight excluding hydrogens is 198 g/mol. The summed E-state index contributed by atoms with van der Waals surface area (Å²) in [5, 5.41) is 14.3. The molecule has 1 aliphatic heterocycles. The molecule has 2 nitrogen and oxygen atoms in total. The summed E-state index contributed by atoms with van der Waals surface area (Å²) in [6, 6.07) is 0.374. The third-order valence-electron chi connectivity index (χ3n) is 4.78. The van der Waals surface area contributed by atoms with E-state index in [1.165, 1.54) is 32.1 Å². The van der Waals surface area contributed by atoms with Crippen LogP contribution in [0.2, 0.25) is 0 Å². The van der Waals surface area contributed by atoms with Gasteiger partial charge in [0.1, 0.15) is 0 Å². The van der Waals surface area contributed by atoms with Gasteiger partial charge in [0.25, 0.3) is 0 Å². The maximum absolute atomic E-state index is 10.8. The topological polar surface area (TPSA) is 32.3 Å². The van der Waals surface area contributed by atoms with E-state index in [9.17, 15) is 5.11 Å². The summed E-state index contributed by atoms with van der Waals surface area (Å²) in [7, 11) is 0. The first-order valence-electron chi connectivity index (χ1n) is 7.07. The normalized spacial score (nSPS) is 41.2. The van der Waals surface area contributed by atoms with Crippen LogP contribution in [-0.4, -0.2) is 23.3 Å². The molecule has 3 atom stereocenters. The van der Waals surface area contributed by atoms with Gasteiger partial charge < -0.3 is 10.4 Å². The van der Waals surface area contributed by atoms with Crippen LogP contribution in [0.3, 0.4) is 0 Å². The maximum Gasteiger partial charge on any atom is 0.0800 e. The lowest BCUT2D eigenvalue weighted by Crippen LogP contribution is -2.47. The van der Waals surface area contributed by atoms with Crippen LogP contribution < -0.4 is 5.32 Å². The van der Waals surface area contributed by atoms with Crippen LogP contribution in [0, 0.1) is 11.8 Å². The highest BCUT2D eigenvalue weighted by atomic mass is 16.3. The quantitative estimate of drug-likeness (QED) is 0.708. The summed E-state index contributed by atoms with van der Waals surface area (Å²) >= 11 is 0. The van der Waals surface area contributed by atoms with Crippen LogP contribution in [0.5, 0.6) is 0 Å². The minimum absolute atomic E-state index is 0.374. The molecule has 0 bridgehead atoms. The van der Waals surface area contributed by atoms with Crippen molar-refractivity contribution in [3.05, 3.63) is 0 Å². The summed E-state index contributed by atoms with van der Waals surface area (Å²) in [5.41, 5.74) is -0.403. The Balaban J connectivity index is 1.96. The van der Waals surface area contributed by atoms with Crippen molar-refractivity contribution < 1.29 is 5.11 Å². The Hall–Kier alpha value is -0.0800. The summed E-state index contributed by atoms with van der Waals surface area (Å²) in [4.78, 5) is 0. The van der Waals surface area contributed by atoms with Gasteiger partial charge in [-0.2, -0.15) is 0 Å². The molecule has 1 aliphatic carbocycles. The second-order valence-electron chi connectivity index (χ2n) is 6.19. The molecule has 0 spiro atoms. The van der Waals surface area contributed by atoms with Crippen molar-refractivity contribution in [1.82, 2.24) is 5.32 Å². The molecule has 3 unspecified atom stereocenters. The molecule has 0 radical (unpaired) electrons. The van der Waals surface area contributed by atoms with Gasteiger partial charge in [-0.15, -0.1) is 0 Å². The van der Waals surface area contributed by atoms with Crippen molar-refractivity contribution in [3.8, 4) is 0 Å². The van der Waals surface area contributed by atoms with Crippen LogP contribution in [0.1, 0.15) is 58.8 Å². The average molecular weight is 225 g/mol. The van der Waals surface area contributed by atoms with Gasteiger partial charge in [-0.3, -0.25) is 0 Å². The van der Waals surface area contributed by atoms with E-state index in [1.54, 1.807) is 0 Å². The number of rotatable bonds is 2. The summed E-state index contributed by atoms with van der Waals surface area (Å²) in [6.45, 7) is 5.74. The molecule has 2 aliphatic rings. The molecular formula is C14H27NO. The molecule has 1 saturated carbocycles. The van der Waals surface area contributed by atoms with Crippen LogP contribution in [-0.2, 0) is 0 Å². The second-order valence-corrected chi connectivity index (χ2v) is 6.19. The summed E-state index contributed by atoms with van der Waals surface area (Å²) in [5.74, 6) is 1.61. The van der Waals surface area contributed by atoms with Crippen LogP contribution in [0.4, 0.5) is 0 Å². The number of hydrogen-bond acceptors (Lipinski definition) is 2. The maximum atomic E-state index is 10.8. The van der Waals surface area contributed by atoms with E-state index in [2.05, 4.69) is 19.2 Å². The Morgan fingerprint density at radius 3 is 2.56 bits per heavy atom. The first kappa shape index (κ1) is 12.4. The Bertz CT molecular complexity index is 223. The molecule has 0 aromatic rings. The molecule has 2 fully saturated rings. The van der Waals surface area contributed by atoms with Gasteiger partial charge in [0, 0.05) is 6.04 Å². The van der Waals surface area contributed by atoms with Crippen LogP contribution in [0.25, 0.3) is 0 Å². The first-order valence-corrected chi connectivity index (χ1v) is 7.07. The highest BCUT2D eigenvalue weighted by Crippen LogP contribution is 2.37. The molecule has 0 aromatic heterocycles. The zero-order chi connectivity index (χ0) is 11.6. The molecule has 16 heavy (non-hydrogen) atoms. The molecule has 1 saturated heterocycles. The third kappa shape index (κ3) is 2.60. The predicted octanol–water partition coefficient (Wildman–Crippen LogP) is 2.71.